The van der Waals surface area contributed by atoms with E-state index in [-0.39, 0.29) is 5.91 Å². The Morgan fingerprint density at radius 2 is 1.77 bits per heavy atom. The zero-order valence-electron chi connectivity index (χ0n) is 14.9. The smallest absolute Gasteiger partial charge is 0.230 e. The van der Waals surface area contributed by atoms with E-state index in [1.807, 2.05) is 24.3 Å². The number of thioether (sulfide) groups is 1. The van der Waals surface area contributed by atoms with Crippen LogP contribution >= 0.6 is 11.8 Å². The van der Waals surface area contributed by atoms with Crippen LogP contribution in [-0.2, 0) is 17.0 Å². The Balaban J connectivity index is 1.41. The van der Waals surface area contributed by atoms with Crippen molar-refractivity contribution >= 4 is 28.4 Å². The van der Waals surface area contributed by atoms with Gasteiger partial charge in [0.15, 0.2) is 0 Å². The van der Waals surface area contributed by atoms with Crippen LogP contribution in [0.2, 0.25) is 0 Å². The summed E-state index contributed by atoms with van der Waals surface area (Å²) in [6.07, 6.45) is 0.823. The Kier molecular flexibility index (Phi) is 6.56. The summed E-state index contributed by atoms with van der Waals surface area (Å²) >= 11 is 1.65. The van der Waals surface area contributed by atoms with Gasteiger partial charge in [-0.05, 0) is 40.5 Å². The molecule has 0 aromatic heterocycles. The SMILES string of the molecule is COc1ccc(CCNC(=O)CSCc2cccc3ccccc23)cc1. The molecule has 0 aliphatic carbocycles. The first-order valence-corrected chi connectivity index (χ1v) is 9.86. The maximum Gasteiger partial charge on any atom is 0.230 e. The van der Waals surface area contributed by atoms with E-state index in [1.54, 1.807) is 18.9 Å². The molecule has 4 heteroatoms. The van der Waals surface area contributed by atoms with E-state index in [4.69, 9.17) is 4.74 Å². The van der Waals surface area contributed by atoms with E-state index >= 15 is 0 Å². The highest BCUT2D eigenvalue weighted by atomic mass is 32.2. The number of carbonyl (C=O) groups is 1. The summed E-state index contributed by atoms with van der Waals surface area (Å²) in [5, 5.41) is 5.50. The first-order valence-electron chi connectivity index (χ1n) is 8.70. The van der Waals surface area contributed by atoms with Gasteiger partial charge in [0, 0.05) is 12.3 Å². The van der Waals surface area contributed by atoms with E-state index in [0.717, 1.165) is 17.9 Å². The van der Waals surface area contributed by atoms with Gasteiger partial charge in [-0.2, -0.15) is 0 Å². The van der Waals surface area contributed by atoms with Gasteiger partial charge in [0.2, 0.25) is 5.91 Å². The van der Waals surface area contributed by atoms with Crippen molar-refractivity contribution in [3.63, 3.8) is 0 Å². The summed E-state index contributed by atoms with van der Waals surface area (Å²) in [7, 11) is 1.66. The Labute approximate surface area is 158 Å². The number of benzene rings is 3. The second kappa shape index (κ2) is 9.30. The Hall–Kier alpha value is -2.46. The number of hydrogen-bond acceptors (Lipinski definition) is 3. The molecule has 0 fully saturated rings. The molecule has 0 aliphatic rings. The maximum absolute atomic E-state index is 12.0. The van der Waals surface area contributed by atoms with E-state index in [1.165, 1.54) is 21.9 Å². The lowest BCUT2D eigenvalue weighted by molar-refractivity contribution is -0.118. The molecule has 1 amide bonds. The van der Waals surface area contributed by atoms with Gasteiger partial charge in [-0.1, -0.05) is 54.6 Å². The zero-order valence-corrected chi connectivity index (χ0v) is 15.7. The van der Waals surface area contributed by atoms with Crippen molar-refractivity contribution in [2.45, 2.75) is 12.2 Å². The number of amides is 1. The Morgan fingerprint density at radius 1 is 1.00 bits per heavy atom. The molecule has 0 saturated carbocycles. The minimum Gasteiger partial charge on any atom is -0.497 e. The molecule has 0 bridgehead atoms. The molecule has 3 rings (SSSR count). The van der Waals surface area contributed by atoms with Gasteiger partial charge in [-0.15, -0.1) is 11.8 Å². The van der Waals surface area contributed by atoms with E-state index in [9.17, 15) is 4.79 Å². The third-order valence-electron chi connectivity index (χ3n) is 4.27. The highest BCUT2D eigenvalue weighted by Gasteiger charge is 2.04. The largest absolute Gasteiger partial charge is 0.497 e. The molecule has 0 unspecified atom stereocenters. The molecule has 3 aromatic rings. The monoisotopic (exact) mass is 365 g/mol. The van der Waals surface area contributed by atoms with Crippen molar-refractivity contribution in [3.05, 3.63) is 77.9 Å². The topological polar surface area (TPSA) is 38.3 Å². The number of methoxy groups -OCH3 is 1. The number of ether oxygens (including phenoxy) is 1. The quantitative estimate of drug-likeness (QED) is 0.641. The highest BCUT2D eigenvalue weighted by molar-refractivity contribution is 7.99. The van der Waals surface area contributed by atoms with Gasteiger partial charge < -0.3 is 10.1 Å². The minimum absolute atomic E-state index is 0.0868. The molecule has 26 heavy (non-hydrogen) atoms. The van der Waals surface area contributed by atoms with Crippen LogP contribution in [0.3, 0.4) is 0 Å². The fourth-order valence-corrected chi connectivity index (χ4v) is 3.72. The van der Waals surface area contributed by atoms with Crippen LogP contribution in [0.4, 0.5) is 0 Å². The maximum atomic E-state index is 12.0. The number of nitrogens with one attached hydrogen (secondary N) is 1. The lowest BCUT2D eigenvalue weighted by atomic mass is 10.1. The van der Waals surface area contributed by atoms with Crippen LogP contribution in [-0.4, -0.2) is 25.3 Å². The van der Waals surface area contributed by atoms with Crippen molar-refractivity contribution in [1.29, 1.82) is 0 Å². The average Bonchev–Trinajstić information content (AvgIpc) is 2.69. The van der Waals surface area contributed by atoms with E-state index in [2.05, 4.69) is 47.8 Å². The van der Waals surface area contributed by atoms with E-state index < -0.39 is 0 Å². The fraction of sp³-hybridized carbons (Fsp3) is 0.227. The third-order valence-corrected chi connectivity index (χ3v) is 5.25. The van der Waals surface area contributed by atoms with Gasteiger partial charge in [-0.3, -0.25) is 4.79 Å². The molecule has 0 saturated heterocycles. The summed E-state index contributed by atoms with van der Waals surface area (Å²) in [5.74, 6) is 2.25. The van der Waals surface area contributed by atoms with Gasteiger partial charge >= 0.3 is 0 Å². The van der Waals surface area contributed by atoms with Crippen molar-refractivity contribution in [3.8, 4) is 5.75 Å². The number of carbonyl (C=O) groups excluding carboxylic acids is 1. The van der Waals surface area contributed by atoms with Crippen LogP contribution in [0.1, 0.15) is 11.1 Å². The zero-order chi connectivity index (χ0) is 18.2. The first-order chi connectivity index (χ1) is 12.8. The van der Waals surface area contributed by atoms with Crippen LogP contribution in [0.25, 0.3) is 10.8 Å². The van der Waals surface area contributed by atoms with Crippen molar-refractivity contribution in [2.24, 2.45) is 0 Å². The number of fused-ring (bicyclic) bond motifs is 1. The van der Waals surface area contributed by atoms with Crippen molar-refractivity contribution in [2.75, 3.05) is 19.4 Å². The fourth-order valence-electron chi connectivity index (χ4n) is 2.86. The highest BCUT2D eigenvalue weighted by Crippen LogP contribution is 2.22. The average molecular weight is 365 g/mol. The molecule has 134 valence electrons. The van der Waals surface area contributed by atoms with Gasteiger partial charge in [-0.25, -0.2) is 0 Å². The summed E-state index contributed by atoms with van der Waals surface area (Å²) in [6, 6.07) is 22.6. The first kappa shape index (κ1) is 18.3. The normalized spacial score (nSPS) is 10.7. The third kappa shape index (κ3) is 5.02. The molecular formula is C22H23NO2S. The Bertz CT molecular complexity index is 856. The molecule has 0 atom stereocenters. The predicted octanol–water partition coefficient (Wildman–Crippen LogP) is 4.44. The van der Waals surface area contributed by atoms with Crippen molar-refractivity contribution < 1.29 is 9.53 Å². The van der Waals surface area contributed by atoms with Crippen LogP contribution < -0.4 is 10.1 Å². The lowest BCUT2D eigenvalue weighted by Crippen LogP contribution is -2.27. The molecule has 0 spiro atoms. The molecule has 0 radical (unpaired) electrons. The molecule has 3 aromatic carbocycles. The van der Waals surface area contributed by atoms with Gasteiger partial charge in [0.1, 0.15) is 5.75 Å². The molecular weight excluding hydrogens is 342 g/mol. The molecule has 0 heterocycles. The van der Waals surface area contributed by atoms with Crippen LogP contribution in [0, 0.1) is 0 Å². The van der Waals surface area contributed by atoms with E-state index in [0.29, 0.717) is 12.3 Å². The lowest BCUT2D eigenvalue weighted by Gasteiger charge is -2.08. The second-order valence-electron chi connectivity index (χ2n) is 6.08. The van der Waals surface area contributed by atoms with Crippen molar-refractivity contribution in [1.82, 2.24) is 5.32 Å². The van der Waals surface area contributed by atoms with Crippen LogP contribution in [0.5, 0.6) is 5.75 Å². The number of hydrogen-bond donors (Lipinski definition) is 1. The number of rotatable bonds is 8. The van der Waals surface area contributed by atoms with Gasteiger partial charge in [0.25, 0.3) is 0 Å². The van der Waals surface area contributed by atoms with Crippen LogP contribution in [0.15, 0.2) is 66.7 Å². The summed E-state index contributed by atoms with van der Waals surface area (Å²) in [4.78, 5) is 12.0. The summed E-state index contributed by atoms with van der Waals surface area (Å²) in [6.45, 7) is 0.653. The minimum atomic E-state index is 0.0868. The summed E-state index contributed by atoms with van der Waals surface area (Å²) < 4.78 is 5.15. The van der Waals surface area contributed by atoms with Gasteiger partial charge in [0.05, 0.1) is 12.9 Å². The standard InChI is InChI=1S/C22H23NO2S/c1-25-20-11-9-17(10-12-20)13-14-23-22(24)16-26-15-19-7-4-6-18-5-2-3-8-21(18)19/h2-12H,13-16H2,1H3,(H,23,24). The molecule has 1 N–H and O–H groups in total. The summed E-state index contributed by atoms with van der Waals surface area (Å²) in [5.41, 5.74) is 2.47. The predicted molar refractivity (Wildman–Crippen MR) is 110 cm³/mol. The molecule has 0 aliphatic heterocycles. The molecule has 3 nitrogen and oxygen atoms in total. The second-order valence-corrected chi connectivity index (χ2v) is 7.06. The Morgan fingerprint density at radius 3 is 2.58 bits per heavy atom.